The quantitative estimate of drug-likeness (QED) is 0.629. The van der Waals surface area contributed by atoms with Gasteiger partial charge in [-0.3, -0.25) is 0 Å². The third-order valence-corrected chi connectivity index (χ3v) is 2.27. The van der Waals surface area contributed by atoms with Crippen molar-refractivity contribution in [3.63, 3.8) is 0 Å². The second-order valence-electron chi connectivity index (χ2n) is 3.19. The first-order valence-corrected chi connectivity index (χ1v) is 4.47. The van der Waals surface area contributed by atoms with Gasteiger partial charge in [0, 0.05) is 6.04 Å². The van der Waals surface area contributed by atoms with Crippen molar-refractivity contribution in [3.05, 3.63) is 0 Å². The number of hydrogen-bond donors (Lipinski definition) is 1. The molecule has 1 heteroatoms. The summed E-state index contributed by atoms with van der Waals surface area (Å²) in [6.07, 6.45) is 4.96. The minimum Gasteiger partial charge on any atom is -0.327 e. The summed E-state index contributed by atoms with van der Waals surface area (Å²) in [5, 5.41) is 0. The Balaban J connectivity index is 3.31. The van der Waals surface area contributed by atoms with E-state index in [9.17, 15) is 0 Å². The molecule has 0 unspecified atom stereocenters. The Kier molecular flexibility index (Phi) is 5.70. The molecule has 0 saturated heterocycles. The number of unbranched alkanes of at least 4 members (excludes halogenated alkanes) is 1. The first-order chi connectivity index (χ1) is 4.72. The fourth-order valence-corrected chi connectivity index (χ4v) is 1.03. The first kappa shape index (κ1) is 9.96. The lowest BCUT2D eigenvalue weighted by Gasteiger charge is -2.17. The van der Waals surface area contributed by atoms with Crippen molar-refractivity contribution >= 4 is 0 Å². The van der Waals surface area contributed by atoms with E-state index in [1.165, 1.54) is 25.7 Å². The highest BCUT2D eigenvalue weighted by atomic mass is 14.6. The molecule has 0 aromatic carbocycles. The Morgan fingerprint density at radius 1 is 1.30 bits per heavy atom. The molecule has 0 aromatic heterocycles. The third-order valence-electron chi connectivity index (χ3n) is 2.27. The molecule has 1 nitrogen and oxygen atoms in total. The minimum atomic E-state index is 0.435. The van der Waals surface area contributed by atoms with Crippen molar-refractivity contribution in [1.82, 2.24) is 0 Å². The summed E-state index contributed by atoms with van der Waals surface area (Å²) in [5.41, 5.74) is 5.91. The Morgan fingerprint density at radius 3 is 2.30 bits per heavy atom. The molecule has 0 rings (SSSR count). The van der Waals surface area contributed by atoms with Gasteiger partial charge in [0.1, 0.15) is 0 Å². The van der Waals surface area contributed by atoms with Gasteiger partial charge in [-0.15, -0.1) is 0 Å². The second-order valence-corrected chi connectivity index (χ2v) is 3.19. The van der Waals surface area contributed by atoms with E-state index in [0.29, 0.717) is 12.0 Å². The molecule has 0 radical (unpaired) electrons. The van der Waals surface area contributed by atoms with E-state index in [2.05, 4.69) is 20.8 Å². The van der Waals surface area contributed by atoms with E-state index >= 15 is 0 Å². The molecule has 0 heterocycles. The van der Waals surface area contributed by atoms with Crippen molar-refractivity contribution in [1.29, 1.82) is 0 Å². The van der Waals surface area contributed by atoms with E-state index in [-0.39, 0.29) is 0 Å². The fraction of sp³-hybridized carbons (Fsp3) is 1.00. The molecule has 0 saturated carbocycles. The zero-order chi connectivity index (χ0) is 7.98. The molecule has 62 valence electrons. The van der Waals surface area contributed by atoms with Crippen LogP contribution in [-0.4, -0.2) is 6.04 Å². The van der Waals surface area contributed by atoms with E-state index in [1.807, 2.05) is 0 Å². The maximum Gasteiger partial charge on any atom is 0.00644 e. The van der Waals surface area contributed by atoms with Gasteiger partial charge >= 0.3 is 0 Å². The molecule has 0 aliphatic rings. The normalized spacial score (nSPS) is 16.8. The van der Waals surface area contributed by atoms with Crippen LogP contribution in [0.15, 0.2) is 0 Å². The topological polar surface area (TPSA) is 26.0 Å². The summed E-state index contributed by atoms with van der Waals surface area (Å²) in [5.74, 6) is 0.701. The van der Waals surface area contributed by atoms with Crippen molar-refractivity contribution in [2.75, 3.05) is 0 Å². The number of hydrogen-bond acceptors (Lipinski definition) is 1. The van der Waals surface area contributed by atoms with Crippen LogP contribution in [0, 0.1) is 5.92 Å². The van der Waals surface area contributed by atoms with Gasteiger partial charge in [0.15, 0.2) is 0 Å². The monoisotopic (exact) mass is 143 g/mol. The van der Waals surface area contributed by atoms with Crippen molar-refractivity contribution in [2.24, 2.45) is 11.7 Å². The van der Waals surface area contributed by atoms with Crippen LogP contribution in [0.25, 0.3) is 0 Å². The summed E-state index contributed by atoms with van der Waals surface area (Å²) in [6, 6.07) is 0.435. The van der Waals surface area contributed by atoms with Crippen molar-refractivity contribution in [2.45, 2.75) is 52.5 Å². The molecule has 0 fully saturated rings. The van der Waals surface area contributed by atoms with Crippen LogP contribution >= 0.6 is 0 Å². The third kappa shape index (κ3) is 3.89. The van der Waals surface area contributed by atoms with Gasteiger partial charge in [-0.1, -0.05) is 40.0 Å². The van der Waals surface area contributed by atoms with Gasteiger partial charge in [-0.2, -0.15) is 0 Å². The first-order valence-electron chi connectivity index (χ1n) is 4.47. The average molecular weight is 143 g/mol. The molecule has 10 heavy (non-hydrogen) atoms. The van der Waals surface area contributed by atoms with Gasteiger partial charge in [-0.25, -0.2) is 0 Å². The average Bonchev–Trinajstić information content (AvgIpc) is 1.98. The highest BCUT2D eigenvalue weighted by Gasteiger charge is 2.08. The van der Waals surface area contributed by atoms with Crippen molar-refractivity contribution in [3.8, 4) is 0 Å². The summed E-state index contributed by atoms with van der Waals surface area (Å²) in [4.78, 5) is 0. The van der Waals surface area contributed by atoms with Crippen LogP contribution in [-0.2, 0) is 0 Å². The standard InChI is InChI=1S/C9H21N/c1-4-6-7-9(10)8(3)5-2/h8-9H,4-7,10H2,1-3H3/t8-,9-/m0/s1. The van der Waals surface area contributed by atoms with E-state index in [4.69, 9.17) is 5.73 Å². The van der Waals surface area contributed by atoms with Crippen molar-refractivity contribution < 1.29 is 0 Å². The van der Waals surface area contributed by atoms with E-state index < -0.39 is 0 Å². The number of nitrogens with two attached hydrogens (primary N) is 1. The smallest absolute Gasteiger partial charge is 0.00644 e. The van der Waals surface area contributed by atoms with E-state index in [1.54, 1.807) is 0 Å². The molecule has 2 N–H and O–H groups in total. The maximum atomic E-state index is 5.91. The largest absolute Gasteiger partial charge is 0.327 e. The summed E-state index contributed by atoms with van der Waals surface area (Å²) in [6.45, 7) is 6.65. The predicted octanol–water partition coefficient (Wildman–Crippen LogP) is 2.55. The van der Waals surface area contributed by atoms with E-state index in [0.717, 1.165) is 0 Å². The number of rotatable bonds is 5. The Hall–Kier alpha value is -0.0400. The second kappa shape index (κ2) is 5.72. The molecule has 0 amide bonds. The lowest BCUT2D eigenvalue weighted by Crippen LogP contribution is -2.27. The van der Waals surface area contributed by atoms with Gasteiger partial charge in [0.25, 0.3) is 0 Å². The van der Waals surface area contributed by atoms with Crippen LogP contribution in [0.1, 0.15) is 46.5 Å². The molecule has 0 aliphatic carbocycles. The van der Waals surface area contributed by atoms with Crippen LogP contribution in [0.5, 0.6) is 0 Å². The summed E-state index contributed by atoms with van der Waals surface area (Å²) >= 11 is 0. The zero-order valence-electron chi connectivity index (χ0n) is 7.56. The molecule has 0 spiro atoms. The maximum absolute atomic E-state index is 5.91. The van der Waals surface area contributed by atoms with Gasteiger partial charge in [0.05, 0.1) is 0 Å². The highest BCUT2D eigenvalue weighted by molar-refractivity contribution is 4.66. The van der Waals surface area contributed by atoms with Gasteiger partial charge < -0.3 is 5.73 Å². The Morgan fingerprint density at radius 2 is 1.90 bits per heavy atom. The van der Waals surface area contributed by atoms with Gasteiger partial charge in [0.2, 0.25) is 0 Å². The SMILES string of the molecule is CCCC[C@H](N)[C@@H](C)CC. The van der Waals surface area contributed by atoms with Gasteiger partial charge in [-0.05, 0) is 12.3 Å². The minimum absolute atomic E-state index is 0.435. The molecule has 2 atom stereocenters. The zero-order valence-corrected chi connectivity index (χ0v) is 7.56. The highest BCUT2D eigenvalue weighted by Crippen LogP contribution is 2.10. The van der Waals surface area contributed by atoms with Crippen LogP contribution in [0.4, 0.5) is 0 Å². The molecular formula is C9H21N. The lowest BCUT2D eigenvalue weighted by atomic mass is 9.96. The molecule has 0 aliphatic heterocycles. The molecular weight excluding hydrogens is 122 g/mol. The Labute approximate surface area is 65.0 Å². The van der Waals surface area contributed by atoms with Crippen LogP contribution in [0.3, 0.4) is 0 Å². The molecule has 0 bridgehead atoms. The summed E-state index contributed by atoms with van der Waals surface area (Å²) in [7, 11) is 0. The lowest BCUT2D eigenvalue weighted by molar-refractivity contribution is 0.410. The summed E-state index contributed by atoms with van der Waals surface area (Å²) < 4.78 is 0. The van der Waals surface area contributed by atoms with Crippen LogP contribution < -0.4 is 5.73 Å². The predicted molar refractivity (Wildman–Crippen MR) is 47.0 cm³/mol. The van der Waals surface area contributed by atoms with Crippen LogP contribution in [0.2, 0.25) is 0 Å². The molecule has 0 aromatic rings. The fourth-order valence-electron chi connectivity index (χ4n) is 1.03. The Bertz CT molecular complexity index is 71.1.